The van der Waals surface area contributed by atoms with Crippen molar-refractivity contribution in [3.05, 3.63) is 16.5 Å². The smallest absolute Gasteiger partial charge is 0.250 e. The first-order chi connectivity index (χ1) is 10.3. The van der Waals surface area contributed by atoms with Crippen LogP contribution in [0.25, 0.3) is 0 Å². The van der Waals surface area contributed by atoms with Gasteiger partial charge < -0.3 is 10.6 Å². The third kappa shape index (κ3) is 5.30. The van der Waals surface area contributed by atoms with E-state index in [0.717, 1.165) is 30.6 Å². The number of thiophene rings is 1. The van der Waals surface area contributed by atoms with E-state index in [0.29, 0.717) is 10.9 Å². The summed E-state index contributed by atoms with van der Waals surface area (Å²) >= 11 is 6.70. The molecule has 0 radical (unpaired) electrons. The zero-order valence-corrected chi connectivity index (χ0v) is 15.9. The standard InChI is InChI=1S/C13H20ClN3O3S2.ClH/c1-9(15)10-4-2-3-7-17(10)12(18)8-16-22(19,20)13-6-5-11(14)21-13;/h5-6,9-10,16H,2-4,7-8,15H2,1H3;1H. The monoisotopic (exact) mass is 401 g/mol. The number of hydrogen-bond donors (Lipinski definition) is 2. The van der Waals surface area contributed by atoms with Gasteiger partial charge in [-0.25, -0.2) is 13.1 Å². The van der Waals surface area contributed by atoms with E-state index >= 15 is 0 Å². The predicted molar refractivity (Wildman–Crippen MR) is 94.8 cm³/mol. The SMILES string of the molecule is CC(N)C1CCCCN1C(=O)CNS(=O)(=O)c1ccc(Cl)s1.Cl. The van der Waals surface area contributed by atoms with Gasteiger partial charge in [-0.2, -0.15) is 0 Å². The molecule has 1 aliphatic rings. The van der Waals surface area contributed by atoms with Gasteiger partial charge in [0.1, 0.15) is 4.21 Å². The molecule has 6 nitrogen and oxygen atoms in total. The van der Waals surface area contributed by atoms with Crippen LogP contribution in [-0.2, 0) is 14.8 Å². The number of amides is 1. The van der Waals surface area contributed by atoms with Crippen molar-refractivity contribution in [1.29, 1.82) is 0 Å². The molecule has 2 atom stereocenters. The number of carbonyl (C=O) groups excluding carboxylic acids is 1. The van der Waals surface area contributed by atoms with E-state index < -0.39 is 10.0 Å². The van der Waals surface area contributed by atoms with Crippen molar-refractivity contribution in [1.82, 2.24) is 9.62 Å². The maximum Gasteiger partial charge on any atom is 0.250 e. The lowest BCUT2D eigenvalue weighted by Crippen LogP contribution is -2.54. The molecule has 1 amide bonds. The van der Waals surface area contributed by atoms with Gasteiger partial charge in [-0.05, 0) is 38.3 Å². The lowest BCUT2D eigenvalue weighted by atomic mass is 9.97. The van der Waals surface area contributed by atoms with Crippen LogP contribution in [0, 0.1) is 0 Å². The van der Waals surface area contributed by atoms with Crippen molar-refractivity contribution in [2.75, 3.05) is 13.1 Å². The number of nitrogens with one attached hydrogen (secondary N) is 1. The van der Waals surface area contributed by atoms with Gasteiger partial charge >= 0.3 is 0 Å². The molecule has 0 spiro atoms. The molecule has 10 heteroatoms. The van der Waals surface area contributed by atoms with E-state index in [2.05, 4.69) is 4.72 Å². The number of carbonyl (C=O) groups is 1. The van der Waals surface area contributed by atoms with Gasteiger partial charge in [-0.1, -0.05) is 11.6 Å². The number of likely N-dealkylation sites (tertiary alicyclic amines) is 1. The molecule has 2 rings (SSSR count). The first kappa shape index (κ1) is 20.7. The third-order valence-corrected chi connectivity index (χ3v) is 6.83. The quantitative estimate of drug-likeness (QED) is 0.786. The lowest BCUT2D eigenvalue weighted by Gasteiger charge is -2.38. The van der Waals surface area contributed by atoms with E-state index in [-0.39, 0.29) is 41.2 Å². The summed E-state index contributed by atoms with van der Waals surface area (Å²) < 4.78 is 27.0. The maximum atomic E-state index is 12.3. The highest BCUT2D eigenvalue weighted by atomic mass is 35.5. The second kappa shape index (κ2) is 8.64. The van der Waals surface area contributed by atoms with E-state index in [4.69, 9.17) is 17.3 Å². The molecule has 2 unspecified atom stereocenters. The second-order valence-corrected chi connectivity index (χ2v) is 9.10. The van der Waals surface area contributed by atoms with Crippen molar-refractivity contribution < 1.29 is 13.2 Å². The number of rotatable bonds is 5. The van der Waals surface area contributed by atoms with Crippen LogP contribution in [0.15, 0.2) is 16.3 Å². The Morgan fingerprint density at radius 3 is 2.78 bits per heavy atom. The Bertz CT molecular complexity index is 634. The lowest BCUT2D eigenvalue weighted by molar-refractivity contribution is -0.134. The molecule has 0 aromatic carbocycles. The summed E-state index contributed by atoms with van der Waals surface area (Å²) in [5, 5.41) is 0. The van der Waals surface area contributed by atoms with Gasteiger partial charge in [0.25, 0.3) is 10.0 Å². The maximum absolute atomic E-state index is 12.3. The molecule has 0 bridgehead atoms. The molecule has 1 saturated heterocycles. The topological polar surface area (TPSA) is 92.5 Å². The van der Waals surface area contributed by atoms with Crippen molar-refractivity contribution in [3.63, 3.8) is 0 Å². The fourth-order valence-electron chi connectivity index (χ4n) is 2.59. The van der Waals surface area contributed by atoms with Crippen LogP contribution in [0.1, 0.15) is 26.2 Å². The Hall–Kier alpha value is -0.380. The Labute approximate surface area is 151 Å². The van der Waals surface area contributed by atoms with Gasteiger partial charge in [0.05, 0.1) is 10.9 Å². The van der Waals surface area contributed by atoms with E-state index in [1.165, 1.54) is 12.1 Å². The molecule has 0 aliphatic carbocycles. The second-order valence-electron chi connectivity index (χ2n) is 5.39. The molecule has 1 aliphatic heterocycles. The molecule has 1 aromatic rings. The summed E-state index contributed by atoms with van der Waals surface area (Å²) in [6.45, 7) is 2.23. The fourth-order valence-corrected chi connectivity index (χ4v) is 5.09. The average Bonchev–Trinajstić information content (AvgIpc) is 2.92. The average molecular weight is 402 g/mol. The molecule has 1 aromatic heterocycles. The van der Waals surface area contributed by atoms with Gasteiger partial charge in [-0.3, -0.25) is 4.79 Å². The number of hydrogen-bond acceptors (Lipinski definition) is 5. The van der Waals surface area contributed by atoms with Gasteiger partial charge in [0.2, 0.25) is 5.91 Å². The van der Waals surface area contributed by atoms with Crippen LogP contribution in [0.4, 0.5) is 0 Å². The van der Waals surface area contributed by atoms with E-state index in [9.17, 15) is 13.2 Å². The number of nitrogens with zero attached hydrogens (tertiary/aromatic N) is 1. The minimum absolute atomic E-state index is 0. The molecular weight excluding hydrogens is 381 g/mol. The Balaban J connectivity index is 0.00000264. The Morgan fingerprint density at radius 2 is 2.22 bits per heavy atom. The van der Waals surface area contributed by atoms with Gasteiger partial charge in [0, 0.05) is 18.6 Å². The highest BCUT2D eigenvalue weighted by Gasteiger charge is 2.29. The summed E-state index contributed by atoms with van der Waals surface area (Å²) in [4.78, 5) is 14.0. The summed E-state index contributed by atoms with van der Waals surface area (Å²) in [7, 11) is -3.71. The summed E-state index contributed by atoms with van der Waals surface area (Å²) in [5.74, 6) is -0.242. The van der Waals surface area contributed by atoms with Crippen LogP contribution in [-0.4, -0.2) is 44.4 Å². The highest BCUT2D eigenvalue weighted by Crippen LogP contribution is 2.25. The van der Waals surface area contributed by atoms with E-state index in [1.807, 2.05) is 6.92 Å². The zero-order valence-electron chi connectivity index (χ0n) is 12.7. The van der Waals surface area contributed by atoms with Crippen molar-refractivity contribution in [3.8, 4) is 0 Å². The number of nitrogens with two attached hydrogens (primary N) is 1. The number of piperidine rings is 1. The first-order valence-corrected chi connectivity index (χ1v) is 9.79. The molecule has 0 saturated carbocycles. The number of halogens is 2. The van der Waals surface area contributed by atoms with Crippen molar-refractivity contribution in [2.45, 2.75) is 42.5 Å². The van der Waals surface area contributed by atoms with Crippen LogP contribution in [0.2, 0.25) is 4.34 Å². The van der Waals surface area contributed by atoms with Crippen LogP contribution in [0.3, 0.4) is 0 Å². The molecule has 23 heavy (non-hydrogen) atoms. The molecule has 3 N–H and O–H groups in total. The van der Waals surface area contributed by atoms with Crippen LogP contribution in [0.5, 0.6) is 0 Å². The molecule has 132 valence electrons. The number of sulfonamides is 1. The minimum Gasteiger partial charge on any atom is -0.337 e. The highest BCUT2D eigenvalue weighted by molar-refractivity contribution is 7.91. The minimum atomic E-state index is -3.71. The molecule has 1 fully saturated rings. The largest absolute Gasteiger partial charge is 0.337 e. The summed E-state index contributed by atoms with van der Waals surface area (Å²) in [5.41, 5.74) is 5.93. The zero-order chi connectivity index (χ0) is 16.3. The van der Waals surface area contributed by atoms with Crippen LogP contribution < -0.4 is 10.5 Å². The molecular formula is C13H21Cl2N3O3S2. The third-order valence-electron chi connectivity index (χ3n) is 3.70. The van der Waals surface area contributed by atoms with Crippen molar-refractivity contribution in [2.24, 2.45) is 5.73 Å². The van der Waals surface area contributed by atoms with Crippen LogP contribution >= 0.6 is 35.3 Å². The molecule has 2 heterocycles. The summed E-state index contributed by atoms with van der Waals surface area (Å²) in [6.07, 6.45) is 2.81. The van der Waals surface area contributed by atoms with Gasteiger partial charge in [0.15, 0.2) is 0 Å². The summed E-state index contributed by atoms with van der Waals surface area (Å²) in [6, 6.07) is 2.78. The van der Waals surface area contributed by atoms with E-state index in [1.54, 1.807) is 4.90 Å². The fraction of sp³-hybridized carbons (Fsp3) is 0.615. The Kier molecular flexibility index (Phi) is 7.76. The van der Waals surface area contributed by atoms with Gasteiger partial charge in [-0.15, -0.1) is 23.7 Å². The normalized spacial score (nSPS) is 20.0. The first-order valence-electron chi connectivity index (χ1n) is 7.11. The predicted octanol–water partition coefficient (Wildman–Crippen LogP) is 1.83. The Morgan fingerprint density at radius 1 is 1.52 bits per heavy atom. The van der Waals surface area contributed by atoms with Crippen molar-refractivity contribution >= 4 is 51.3 Å².